The number of rotatable bonds is 6. The summed E-state index contributed by atoms with van der Waals surface area (Å²) >= 11 is 7.60. The number of halogens is 1. The molecule has 0 bridgehead atoms. The monoisotopic (exact) mass is 380 g/mol. The van der Waals surface area contributed by atoms with Gasteiger partial charge in [-0.15, -0.1) is 0 Å². The number of thioether (sulfide) groups is 2. The summed E-state index contributed by atoms with van der Waals surface area (Å²) in [7, 11) is 1.70. The lowest BCUT2D eigenvalue weighted by atomic mass is 10.1. The minimum atomic E-state index is 0.0801. The summed E-state index contributed by atoms with van der Waals surface area (Å²) in [6.45, 7) is 3.64. The van der Waals surface area contributed by atoms with E-state index in [0.29, 0.717) is 17.1 Å². The number of methoxy groups -OCH3 is 1. The van der Waals surface area contributed by atoms with Crippen molar-refractivity contribution in [3.8, 4) is 0 Å². The molecule has 0 amide bonds. The normalized spacial score (nSPS) is 24.8. The van der Waals surface area contributed by atoms with Crippen molar-refractivity contribution in [2.75, 3.05) is 25.2 Å². The van der Waals surface area contributed by atoms with E-state index >= 15 is 0 Å². The number of aromatic nitrogens is 2. The first-order chi connectivity index (χ1) is 9.69. The molecule has 1 aromatic rings. The average Bonchev–Trinajstić information content (AvgIpc) is 2.81. The molecule has 1 fully saturated rings. The number of nitrogens with zero attached hydrogens (tertiary/aromatic N) is 2. The molecule has 0 aromatic carbocycles. The van der Waals surface area contributed by atoms with Crippen molar-refractivity contribution < 1.29 is 4.74 Å². The van der Waals surface area contributed by atoms with Crippen LogP contribution in [0.3, 0.4) is 0 Å². The Morgan fingerprint density at radius 1 is 1.60 bits per heavy atom. The standard InChI is InChI=1S/C12H21BrN4OS2/c1-8-12(20-6-5-19-8)10(16-14)11-9(13)7-15-17(11)3-4-18-2/h7-8,10,12,16H,3-6,14H2,1-2H3. The predicted molar refractivity (Wildman–Crippen MR) is 90.0 cm³/mol. The lowest BCUT2D eigenvalue weighted by Gasteiger charge is -2.34. The second-order valence-corrected chi connectivity index (χ2v) is 8.27. The Labute approximate surface area is 136 Å². The van der Waals surface area contributed by atoms with Gasteiger partial charge in [0.2, 0.25) is 0 Å². The van der Waals surface area contributed by atoms with Gasteiger partial charge in [-0.05, 0) is 15.9 Å². The molecule has 1 saturated heterocycles. The van der Waals surface area contributed by atoms with Crippen molar-refractivity contribution in [2.24, 2.45) is 5.84 Å². The quantitative estimate of drug-likeness (QED) is 0.581. The molecule has 1 aromatic heterocycles. The van der Waals surface area contributed by atoms with E-state index in [1.54, 1.807) is 7.11 Å². The molecule has 3 atom stereocenters. The van der Waals surface area contributed by atoms with Gasteiger partial charge in [-0.3, -0.25) is 16.0 Å². The van der Waals surface area contributed by atoms with Crippen LogP contribution in [0.25, 0.3) is 0 Å². The second-order valence-electron chi connectivity index (χ2n) is 4.65. The number of nitrogens with one attached hydrogen (secondary N) is 1. The number of hydrogen-bond donors (Lipinski definition) is 2. The molecule has 20 heavy (non-hydrogen) atoms. The third kappa shape index (κ3) is 3.72. The van der Waals surface area contributed by atoms with E-state index in [9.17, 15) is 0 Å². The Balaban J connectivity index is 2.23. The first-order valence-electron chi connectivity index (χ1n) is 6.58. The maximum absolute atomic E-state index is 5.86. The van der Waals surface area contributed by atoms with Crippen LogP contribution >= 0.6 is 39.5 Å². The van der Waals surface area contributed by atoms with Crippen LogP contribution < -0.4 is 11.3 Å². The number of ether oxygens (including phenoxy) is 1. The van der Waals surface area contributed by atoms with Crippen LogP contribution in [-0.2, 0) is 11.3 Å². The number of hydrogen-bond acceptors (Lipinski definition) is 6. The fraction of sp³-hybridized carbons (Fsp3) is 0.750. The lowest BCUT2D eigenvalue weighted by Crippen LogP contribution is -2.42. The highest BCUT2D eigenvalue weighted by molar-refractivity contribution is 9.10. The van der Waals surface area contributed by atoms with Gasteiger partial charge < -0.3 is 4.74 Å². The Bertz CT molecular complexity index is 432. The summed E-state index contributed by atoms with van der Waals surface area (Å²) in [5, 5.41) is 5.42. The van der Waals surface area contributed by atoms with Crippen LogP contribution in [0.15, 0.2) is 10.7 Å². The van der Waals surface area contributed by atoms with Crippen LogP contribution in [0.5, 0.6) is 0 Å². The molecular weight excluding hydrogens is 360 g/mol. The maximum atomic E-state index is 5.86. The molecule has 0 spiro atoms. The van der Waals surface area contributed by atoms with E-state index in [2.05, 4.69) is 33.4 Å². The highest BCUT2D eigenvalue weighted by atomic mass is 79.9. The third-order valence-corrected chi connectivity index (χ3v) is 7.19. The van der Waals surface area contributed by atoms with Crippen LogP contribution in [0.2, 0.25) is 0 Å². The molecular formula is C12H21BrN4OS2. The summed E-state index contributed by atoms with van der Waals surface area (Å²) in [5.41, 5.74) is 4.10. The number of hydrazine groups is 1. The van der Waals surface area contributed by atoms with Gasteiger partial charge in [-0.2, -0.15) is 28.6 Å². The predicted octanol–water partition coefficient (Wildman–Crippen LogP) is 2.03. The van der Waals surface area contributed by atoms with Crippen molar-refractivity contribution in [1.29, 1.82) is 0 Å². The maximum Gasteiger partial charge on any atom is 0.0769 e. The van der Waals surface area contributed by atoms with Gasteiger partial charge in [-0.1, -0.05) is 6.92 Å². The van der Waals surface area contributed by atoms with Crippen molar-refractivity contribution in [1.82, 2.24) is 15.2 Å². The molecule has 0 aliphatic carbocycles. The molecule has 8 heteroatoms. The van der Waals surface area contributed by atoms with Crippen molar-refractivity contribution >= 4 is 39.5 Å². The van der Waals surface area contributed by atoms with E-state index < -0.39 is 0 Å². The molecule has 2 heterocycles. The highest BCUT2D eigenvalue weighted by Gasteiger charge is 2.34. The Morgan fingerprint density at radius 2 is 2.35 bits per heavy atom. The van der Waals surface area contributed by atoms with Gasteiger partial charge in [0.1, 0.15) is 0 Å². The topological polar surface area (TPSA) is 65.1 Å². The number of nitrogens with two attached hydrogens (primary N) is 1. The molecule has 3 unspecified atom stereocenters. The van der Waals surface area contributed by atoms with Crippen LogP contribution in [0.4, 0.5) is 0 Å². The SMILES string of the molecule is COCCn1ncc(Br)c1C(NN)C1SCCSC1C. The summed E-state index contributed by atoms with van der Waals surface area (Å²) in [6, 6.07) is 0.0801. The first kappa shape index (κ1) is 16.6. The second kappa shape index (κ2) is 8.05. The molecule has 1 aliphatic rings. The Hall–Kier alpha value is 0.270. The summed E-state index contributed by atoms with van der Waals surface area (Å²) in [5.74, 6) is 8.24. The highest BCUT2D eigenvalue weighted by Crippen LogP contribution is 2.40. The van der Waals surface area contributed by atoms with Crippen molar-refractivity contribution in [3.63, 3.8) is 0 Å². The minimum absolute atomic E-state index is 0.0801. The van der Waals surface area contributed by atoms with Gasteiger partial charge in [0.25, 0.3) is 0 Å². The zero-order valence-corrected chi connectivity index (χ0v) is 14.9. The lowest BCUT2D eigenvalue weighted by molar-refractivity contribution is 0.181. The Kier molecular flexibility index (Phi) is 6.70. The molecule has 114 valence electrons. The largest absolute Gasteiger partial charge is 0.383 e. The summed E-state index contributed by atoms with van der Waals surface area (Å²) < 4.78 is 8.13. The van der Waals surface area contributed by atoms with Gasteiger partial charge >= 0.3 is 0 Å². The van der Waals surface area contributed by atoms with Crippen molar-refractivity contribution in [2.45, 2.75) is 30.0 Å². The first-order valence-corrected chi connectivity index (χ1v) is 9.47. The summed E-state index contributed by atoms with van der Waals surface area (Å²) in [6.07, 6.45) is 1.83. The summed E-state index contributed by atoms with van der Waals surface area (Å²) in [4.78, 5) is 0. The average molecular weight is 381 g/mol. The molecule has 3 N–H and O–H groups in total. The van der Waals surface area contributed by atoms with Gasteiger partial charge in [0.15, 0.2) is 0 Å². The van der Waals surface area contributed by atoms with E-state index in [4.69, 9.17) is 10.6 Å². The van der Waals surface area contributed by atoms with Crippen LogP contribution in [-0.4, -0.2) is 45.5 Å². The molecule has 0 saturated carbocycles. The smallest absolute Gasteiger partial charge is 0.0769 e. The molecule has 5 nitrogen and oxygen atoms in total. The minimum Gasteiger partial charge on any atom is -0.383 e. The van der Waals surface area contributed by atoms with E-state index in [0.717, 1.165) is 16.7 Å². The fourth-order valence-electron chi connectivity index (χ4n) is 2.38. The van der Waals surface area contributed by atoms with Gasteiger partial charge in [-0.25, -0.2) is 0 Å². The fourth-order valence-corrected chi connectivity index (χ4v) is 5.83. The van der Waals surface area contributed by atoms with Crippen LogP contribution in [0, 0.1) is 0 Å². The zero-order valence-electron chi connectivity index (χ0n) is 11.7. The van der Waals surface area contributed by atoms with E-state index in [1.165, 1.54) is 11.5 Å². The van der Waals surface area contributed by atoms with Gasteiger partial charge in [0.05, 0.1) is 35.6 Å². The van der Waals surface area contributed by atoms with Gasteiger partial charge in [0, 0.05) is 29.1 Å². The molecule has 2 rings (SSSR count). The molecule has 1 aliphatic heterocycles. The zero-order chi connectivity index (χ0) is 14.5. The van der Waals surface area contributed by atoms with E-state index in [-0.39, 0.29) is 6.04 Å². The van der Waals surface area contributed by atoms with E-state index in [1.807, 2.05) is 34.4 Å². The Morgan fingerprint density at radius 3 is 3.00 bits per heavy atom. The molecule has 0 radical (unpaired) electrons. The third-order valence-electron chi connectivity index (χ3n) is 3.38. The van der Waals surface area contributed by atoms with Crippen molar-refractivity contribution in [3.05, 3.63) is 16.4 Å². The van der Waals surface area contributed by atoms with Crippen LogP contribution in [0.1, 0.15) is 18.7 Å².